The van der Waals surface area contributed by atoms with Gasteiger partial charge < -0.3 is 14.5 Å². The van der Waals surface area contributed by atoms with Crippen molar-refractivity contribution < 1.29 is 9.53 Å². The molecule has 3 rings (SSSR count). The summed E-state index contributed by atoms with van der Waals surface area (Å²) >= 11 is 1.96. The monoisotopic (exact) mass is 322 g/mol. The minimum Gasteiger partial charge on any atom is -0.367 e. The molecule has 3 heterocycles. The van der Waals surface area contributed by atoms with Crippen molar-refractivity contribution in [3.63, 3.8) is 0 Å². The number of nitrogens with zero attached hydrogens (tertiary/aromatic N) is 4. The molecule has 0 aliphatic carbocycles. The van der Waals surface area contributed by atoms with Crippen LogP contribution >= 0.6 is 11.8 Å². The lowest BCUT2D eigenvalue weighted by atomic mass is 9.93. The summed E-state index contributed by atoms with van der Waals surface area (Å²) in [5.41, 5.74) is 0.938. The fourth-order valence-electron chi connectivity index (χ4n) is 2.82. The third kappa shape index (κ3) is 3.20. The van der Waals surface area contributed by atoms with Crippen LogP contribution in [0.15, 0.2) is 12.1 Å². The van der Waals surface area contributed by atoms with Crippen LogP contribution in [-0.4, -0.2) is 71.4 Å². The van der Waals surface area contributed by atoms with Gasteiger partial charge in [-0.1, -0.05) is 0 Å². The zero-order valence-corrected chi connectivity index (χ0v) is 14.1. The van der Waals surface area contributed by atoms with Crippen LogP contribution in [0.25, 0.3) is 0 Å². The van der Waals surface area contributed by atoms with Gasteiger partial charge in [0.2, 0.25) is 5.91 Å². The average Bonchev–Trinajstić information content (AvgIpc) is 2.88. The molecule has 0 N–H and O–H groups in total. The van der Waals surface area contributed by atoms with Crippen molar-refractivity contribution in [1.29, 1.82) is 0 Å². The summed E-state index contributed by atoms with van der Waals surface area (Å²) < 4.78 is 6.02. The highest BCUT2D eigenvalue weighted by atomic mass is 32.2. The Bertz CT molecular complexity index is 543. The van der Waals surface area contributed by atoms with Gasteiger partial charge in [-0.3, -0.25) is 4.79 Å². The van der Waals surface area contributed by atoms with Crippen LogP contribution < -0.4 is 4.90 Å². The lowest BCUT2D eigenvalue weighted by Crippen LogP contribution is -2.59. The molecule has 1 aromatic rings. The Kier molecular flexibility index (Phi) is 4.27. The largest absolute Gasteiger partial charge is 0.367 e. The SMILES string of the molecule is Cc1ccc(N2CC3(C[C@H](OCC(=O)N(C)C)CS3)C2)nn1. The first kappa shape index (κ1) is 15.6. The molecule has 120 valence electrons. The Hall–Kier alpha value is -1.34. The van der Waals surface area contributed by atoms with Crippen molar-refractivity contribution in [3.8, 4) is 0 Å². The van der Waals surface area contributed by atoms with Gasteiger partial charge in [0.25, 0.3) is 0 Å². The predicted molar refractivity (Wildman–Crippen MR) is 87.2 cm³/mol. The number of carbonyl (C=O) groups excluding carboxylic acids is 1. The Morgan fingerprint density at radius 3 is 2.86 bits per heavy atom. The second-order valence-electron chi connectivity index (χ2n) is 6.31. The summed E-state index contributed by atoms with van der Waals surface area (Å²) in [6.07, 6.45) is 1.19. The van der Waals surface area contributed by atoms with Gasteiger partial charge in [-0.15, -0.1) is 16.9 Å². The summed E-state index contributed by atoms with van der Waals surface area (Å²) in [7, 11) is 3.51. The molecule has 7 heteroatoms. The number of aromatic nitrogens is 2. The maximum Gasteiger partial charge on any atom is 0.248 e. The molecule has 2 aliphatic heterocycles. The van der Waals surface area contributed by atoms with Crippen molar-refractivity contribution >= 4 is 23.5 Å². The molecule has 0 aromatic carbocycles. The first-order chi connectivity index (χ1) is 10.5. The second-order valence-corrected chi connectivity index (χ2v) is 7.80. The molecular weight excluding hydrogens is 300 g/mol. The summed E-state index contributed by atoms with van der Waals surface area (Å²) in [4.78, 5) is 15.4. The van der Waals surface area contributed by atoms with Crippen LogP contribution in [0.2, 0.25) is 0 Å². The predicted octanol–water partition coefficient (Wildman–Crippen LogP) is 0.954. The van der Waals surface area contributed by atoms with E-state index in [1.807, 2.05) is 30.8 Å². The number of thioether (sulfide) groups is 1. The quantitative estimate of drug-likeness (QED) is 0.823. The van der Waals surface area contributed by atoms with Crippen LogP contribution in [0, 0.1) is 6.92 Å². The van der Waals surface area contributed by atoms with Crippen LogP contribution in [-0.2, 0) is 9.53 Å². The molecule has 6 nitrogen and oxygen atoms in total. The van der Waals surface area contributed by atoms with Crippen LogP contribution in [0.5, 0.6) is 0 Å². The van der Waals surface area contributed by atoms with Gasteiger partial charge in [0, 0.05) is 32.9 Å². The number of rotatable bonds is 4. The highest BCUT2D eigenvalue weighted by Crippen LogP contribution is 2.46. The van der Waals surface area contributed by atoms with Crippen molar-refractivity contribution in [3.05, 3.63) is 17.8 Å². The van der Waals surface area contributed by atoms with Gasteiger partial charge in [-0.05, 0) is 25.5 Å². The summed E-state index contributed by atoms with van der Waals surface area (Å²) in [5, 5.41) is 8.35. The first-order valence-corrected chi connectivity index (χ1v) is 8.47. The smallest absolute Gasteiger partial charge is 0.248 e. The Balaban J connectivity index is 1.48. The summed E-state index contributed by atoms with van der Waals surface area (Å²) in [6.45, 7) is 4.09. The molecule has 22 heavy (non-hydrogen) atoms. The fourth-order valence-corrected chi connectivity index (χ4v) is 4.37. The number of hydrogen-bond donors (Lipinski definition) is 0. The van der Waals surface area contributed by atoms with E-state index in [9.17, 15) is 4.79 Å². The fraction of sp³-hybridized carbons (Fsp3) is 0.667. The van der Waals surface area contributed by atoms with Crippen molar-refractivity contribution in [1.82, 2.24) is 15.1 Å². The first-order valence-electron chi connectivity index (χ1n) is 7.48. The van der Waals surface area contributed by atoms with Crippen LogP contribution in [0.4, 0.5) is 5.82 Å². The van der Waals surface area contributed by atoms with E-state index in [4.69, 9.17) is 4.74 Å². The second kappa shape index (κ2) is 6.04. The number of carbonyl (C=O) groups is 1. The highest BCUT2D eigenvalue weighted by Gasteiger charge is 2.50. The Morgan fingerprint density at radius 1 is 1.45 bits per heavy atom. The van der Waals surface area contributed by atoms with E-state index in [2.05, 4.69) is 15.1 Å². The van der Waals surface area contributed by atoms with Gasteiger partial charge in [0.05, 0.1) is 16.5 Å². The zero-order chi connectivity index (χ0) is 15.7. The Labute approximate surface area is 135 Å². The number of anilines is 1. The molecule has 2 fully saturated rings. The van der Waals surface area contributed by atoms with Crippen LogP contribution in [0.3, 0.4) is 0 Å². The maximum absolute atomic E-state index is 11.6. The third-order valence-electron chi connectivity index (χ3n) is 4.18. The molecule has 1 aromatic heterocycles. The molecule has 0 saturated carbocycles. The summed E-state index contributed by atoms with van der Waals surface area (Å²) in [5.74, 6) is 1.94. The standard InChI is InChI=1S/C15H22N4O2S/c1-11-4-5-13(17-16-11)19-9-15(10-19)6-12(8-22-15)21-7-14(20)18(2)3/h4-5,12H,6-10H2,1-3H3/t12-/m0/s1. The summed E-state index contributed by atoms with van der Waals surface area (Å²) in [6, 6.07) is 4.02. The molecule has 2 saturated heterocycles. The molecule has 1 atom stereocenters. The number of aryl methyl sites for hydroxylation is 1. The maximum atomic E-state index is 11.6. The highest BCUT2D eigenvalue weighted by molar-refractivity contribution is 8.01. The van der Waals surface area contributed by atoms with Gasteiger partial charge in [-0.2, -0.15) is 5.10 Å². The van der Waals surface area contributed by atoms with E-state index in [-0.39, 0.29) is 23.4 Å². The molecule has 0 bridgehead atoms. The third-order valence-corrected chi connectivity index (χ3v) is 5.76. The van der Waals surface area contributed by atoms with E-state index in [0.29, 0.717) is 0 Å². The van der Waals surface area contributed by atoms with E-state index in [1.165, 1.54) is 0 Å². The van der Waals surface area contributed by atoms with Crippen molar-refractivity contribution in [2.75, 3.05) is 44.4 Å². The molecule has 1 spiro atoms. The number of amides is 1. The molecule has 0 unspecified atom stereocenters. The molecule has 2 aliphatic rings. The average molecular weight is 322 g/mol. The minimum atomic E-state index is 0.0242. The molecular formula is C15H22N4O2S. The number of hydrogen-bond acceptors (Lipinski definition) is 6. The van der Waals surface area contributed by atoms with Crippen molar-refractivity contribution in [2.45, 2.75) is 24.2 Å². The number of ether oxygens (including phenoxy) is 1. The van der Waals surface area contributed by atoms with Gasteiger partial charge in [-0.25, -0.2) is 0 Å². The van der Waals surface area contributed by atoms with Gasteiger partial charge in [0.15, 0.2) is 5.82 Å². The topological polar surface area (TPSA) is 58.6 Å². The van der Waals surface area contributed by atoms with E-state index in [1.54, 1.807) is 19.0 Å². The van der Waals surface area contributed by atoms with Gasteiger partial charge in [0.1, 0.15) is 6.61 Å². The lowest BCUT2D eigenvalue weighted by molar-refractivity contribution is -0.135. The minimum absolute atomic E-state index is 0.0242. The Morgan fingerprint density at radius 2 is 2.23 bits per heavy atom. The lowest BCUT2D eigenvalue weighted by Gasteiger charge is -2.48. The number of likely N-dealkylation sites (N-methyl/N-ethyl adjacent to an activating group) is 1. The van der Waals surface area contributed by atoms with E-state index < -0.39 is 0 Å². The van der Waals surface area contributed by atoms with Crippen molar-refractivity contribution in [2.24, 2.45) is 0 Å². The normalized spacial score (nSPS) is 22.7. The molecule has 0 radical (unpaired) electrons. The van der Waals surface area contributed by atoms with Crippen LogP contribution in [0.1, 0.15) is 12.1 Å². The zero-order valence-electron chi connectivity index (χ0n) is 13.3. The van der Waals surface area contributed by atoms with E-state index in [0.717, 1.165) is 36.8 Å². The van der Waals surface area contributed by atoms with Gasteiger partial charge >= 0.3 is 0 Å². The molecule has 1 amide bonds. The van der Waals surface area contributed by atoms with E-state index >= 15 is 0 Å².